The summed E-state index contributed by atoms with van der Waals surface area (Å²) in [6.07, 6.45) is 2.01. The van der Waals surface area contributed by atoms with Crippen LogP contribution in [-0.2, 0) is 4.74 Å². The van der Waals surface area contributed by atoms with Gasteiger partial charge in [0, 0.05) is 31.8 Å². The summed E-state index contributed by atoms with van der Waals surface area (Å²) in [5.74, 6) is 0.657. The lowest BCUT2D eigenvalue weighted by molar-refractivity contribution is 0.111. The lowest BCUT2D eigenvalue weighted by Crippen LogP contribution is -2.34. The Morgan fingerprint density at radius 3 is 3.11 bits per heavy atom. The molecule has 5 nitrogen and oxygen atoms in total. The number of nitrogens with one attached hydrogen (secondary N) is 2. The Morgan fingerprint density at radius 1 is 1.33 bits per heavy atom. The Hall–Kier alpha value is -1.72. The van der Waals surface area contributed by atoms with Gasteiger partial charge in [-0.1, -0.05) is 18.2 Å². The number of methoxy groups -OCH3 is 1. The molecule has 2 aromatic rings. The van der Waals surface area contributed by atoms with Crippen LogP contribution < -0.4 is 10.6 Å². The van der Waals surface area contributed by atoms with Crippen LogP contribution in [0, 0.1) is 0 Å². The van der Waals surface area contributed by atoms with Gasteiger partial charge in [-0.2, -0.15) is 0 Å². The largest absolute Gasteiger partial charge is 0.378 e. The van der Waals surface area contributed by atoms with E-state index in [4.69, 9.17) is 4.74 Å². The molecule has 1 fully saturated rings. The van der Waals surface area contributed by atoms with Gasteiger partial charge in [-0.3, -0.25) is 0 Å². The summed E-state index contributed by atoms with van der Waals surface area (Å²) in [5.41, 5.74) is 0.954. The smallest absolute Gasteiger partial charge is 0.223 e. The summed E-state index contributed by atoms with van der Waals surface area (Å²) in [6, 6.07) is 8.18. The SMILES string of the molecule is CO[C@H]1CNCC1Nc1ncc2ccccc2n1. The molecule has 0 spiro atoms. The molecule has 1 aromatic heterocycles. The number of hydrogen-bond acceptors (Lipinski definition) is 5. The second-order valence-electron chi connectivity index (χ2n) is 4.44. The number of benzene rings is 1. The Labute approximate surface area is 106 Å². The molecule has 0 aliphatic carbocycles. The zero-order valence-electron chi connectivity index (χ0n) is 10.3. The molecule has 0 bridgehead atoms. The van der Waals surface area contributed by atoms with Gasteiger partial charge in [0.2, 0.25) is 5.95 Å². The zero-order valence-corrected chi connectivity index (χ0v) is 10.3. The van der Waals surface area contributed by atoms with Gasteiger partial charge in [-0.05, 0) is 6.07 Å². The van der Waals surface area contributed by atoms with Crippen LogP contribution in [0.2, 0.25) is 0 Å². The molecule has 1 aliphatic rings. The van der Waals surface area contributed by atoms with Crippen LogP contribution in [-0.4, -0.2) is 42.3 Å². The highest BCUT2D eigenvalue weighted by molar-refractivity contribution is 5.78. The van der Waals surface area contributed by atoms with Gasteiger partial charge in [-0.15, -0.1) is 0 Å². The third-order valence-electron chi connectivity index (χ3n) is 3.26. The van der Waals surface area contributed by atoms with Crippen LogP contribution in [0.5, 0.6) is 0 Å². The van der Waals surface area contributed by atoms with E-state index in [1.165, 1.54) is 0 Å². The molecule has 0 amide bonds. The van der Waals surface area contributed by atoms with Gasteiger partial charge in [0.15, 0.2) is 0 Å². The summed E-state index contributed by atoms with van der Waals surface area (Å²) < 4.78 is 5.40. The normalized spacial score (nSPS) is 23.4. The van der Waals surface area contributed by atoms with E-state index in [0.717, 1.165) is 24.0 Å². The molecule has 1 aliphatic heterocycles. The monoisotopic (exact) mass is 244 g/mol. The van der Waals surface area contributed by atoms with Crippen molar-refractivity contribution in [3.63, 3.8) is 0 Å². The summed E-state index contributed by atoms with van der Waals surface area (Å²) >= 11 is 0. The Bertz CT molecular complexity index is 545. The van der Waals surface area contributed by atoms with E-state index in [0.29, 0.717) is 5.95 Å². The van der Waals surface area contributed by atoms with E-state index < -0.39 is 0 Å². The number of rotatable bonds is 3. The van der Waals surface area contributed by atoms with Crippen molar-refractivity contribution >= 4 is 16.9 Å². The maximum absolute atomic E-state index is 5.40. The molecule has 2 atom stereocenters. The predicted molar refractivity (Wildman–Crippen MR) is 70.6 cm³/mol. The average molecular weight is 244 g/mol. The van der Waals surface area contributed by atoms with Crippen molar-refractivity contribution in [3.05, 3.63) is 30.5 Å². The standard InChI is InChI=1S/C13H16N4O/c1-18-12-8-14-7-11(12)17-13-15-6-9-4-2-3-5-10(9)16-13/h2-6,11-12,14H,7-8H2,1H3,(H,15,16,17)/t11?,12-/m0/s1. The molecular weight excluding hydrogens is 228 g/mol. The fourth-order valence-electron chi connectivity index (χ4n) is 2.25. The lowest BCUT2D eigenvalue weighted by Gasteiger charge is -2.18. The molecule has 5 heteroatoms. The summed E-state index contributed by atoms with van der Waals surface area (Å²) in [6.45, 7) is 1.73. The maximum Gasteiger partial charge on any atom is 0.223 e. The van der Waals surface area contributed by atoms with E-state index in [-0.39, 0.29) is 12.1 Å². The molecule has 0 radical (unpaired) electrons. The molecular formula is C13H16N4O. The van der Waals surface area contributed by atoms with Crippen molar-refractivity contribution in [1.82, 2.24) is 15.3 Å². The second kappa shape index (κ2) is 4.88. The van der Waals surface area contributed by atoms with Gasteiger partial charge in [0.25, 0.3) is 0 Å². The van der Waals surface area contributed by atoms with Gasteiger partial charge in [0.1, 0.15) is 0 Å². The van der Waals surface area contributed by atoms with Crippen LogP contribution in [0.25, 0.3) is 10.9 Å². The minimum atomic E-state index is 0.167. The van der Waals surface area contributed by atoms with Crippen LogP contribution in [0.3, 0.4) is 0 Å². The molecule has 18 heavy (non-hydrogen) atoms. The van der Waals surface area contributed by atoms with Gasteiger partial charge < -0.3 is 15.4 Å². The van der Waals surface area contributed by atoms with Crippen molar-refractivity contribution in [3.8, 4) is 0 Å². The molecule has 2 N–H and O–H groups in total. The minimum absolute atomic E-state index is 0.167. The fraction of sp³-hybridized carbons (Fsp3) is 0.385. The molecule has 1 unspecified atom stereocenters. The second-order valence-corrected chi connectivity index (χ2v) is 4.44. The highest BCUT2D eigenvalue weighted by atomic mass is 16.5. The molecule has 2 heterocycles. The molecule has 1 aromatic carbocycles. The first-order valence-electron chi connectivity index (χ1n) is 6.08. The lowest BCUT2D eigenvalue weighted by atomic mass is 10.2. The van der Waals surface area contributed by atoms with Gasteiger partial charge >= 0.3 is 0 Å². The van der Waals surface area contributed by atoms with Crippen LogP contribution >= 0.6 is 0 Å². The minimum Gasteiger partial charge on any atom is -0.378 e. The topological polar surface area (TPSA) is 59.1 Å². The average Bonchev–Trinajstić information content (AvgIpc) is 2.86. The van der Waals surface area contributed by atoms with E-state index in [9.17, 15) is 0 Å². The number of nitrogens with zero attached hydrogens (tertiary/aromatic N) is 2. The summed E-state index contributed by atoms with van der Waals surface area (Å²) in [7, 11) is 1.73. The van der Waals surface area contributed by atoms with Gasteiger partial charge in [0.05, 0.1) is 17.7 Å². The van der Waals surface area contributed by atoms with E-state index in [2.05, 4.69) is 20.6 Å². The quantitative estimate of drug-likeness (QED) is 0.844. The first-order chi connectivity index (χ1) is 8.86. The Kier molecular flexibility index (Phi) is 3.08. The van der Waals surface area contributed by atoms with Crippen molar-refractivity contribution in [2.75, 3.05) is 25.5 Å². The summed E-state index contributed by atoms with van der Waals surface area (Å²) in [4.78, 5) is 8.84. The Morgan fingerprint density at radius 2 is 2.22 bits per heavy atom. The summed E-state index contributed by atoms with van der Waals surface area (Å²) in [5, 5.41) is 7.66. The Balaban J connectivity index is 1.82. The van der Waals surface area contributed by atoms with Crippen molar-refractivity contribution in [2.45, 2.75) is 12.1 Å². The molecule has 1 saturated heterocycles. The highest BCUT2D eigenvalue weighted by Crippen LogP contribution is 2.14. The van der Waals surface area contributed by atoms with Crippen LogP contribution in [0.15, 0.2) is 30.5 Å². The number of para-hydroxylation sites is 1. The predicted octanol–water partition coefficient (Wildman–Crippen LogP) is 1.03. The third kappa shape index (κ3) is 2.14. The highest BCUT2D eigenvalue weighted by Gasteiger charge is 2.27. The van der Waals surface area contributed by atoms with Crippen molar-refractivity contribution in [1.29, 1.82) is 0 Å². The van der Waals surface area contributed by atoms with Crippen molar-refractivity contribution in [2.24, 2.45) is 0 Å². The van der Waals surface area contributed by atoms with Crippen LogP contribution in [0.1, 0.15) is 0 Å². The first kappa shape index (κ1) is 11.4. The molecule has 94 valence electrons. The van der Waals surface area contributed by atoms with E-state index >= 15 is 0 Å². The first-order valence-corrected chi connectivity index (χ1v) is 6.08. The van der Waals surface area contributed by atoms with E-state index in [1.54, 1.807) is 7.11 Å². The zero-order chi connectivity index (χ0) is 12.4. The molecule has 0 saturated carbocycles. The van der Waals surface area contributed by atoms with Crippen LogP contribution in [0.4, 0.5) is 5.95 Å². The number of hydrogen-bond donors (Lipinski definition) is 2. The number of aromatic nitrogens is 2. The number of ether oxygens (including phenoxy) is 1. The van der Waals surface area contributed by atoms with Crippen molar-refractivity contribution < 1.29 is 4.74 Å². The third-order valence-corrected chi connectivity index (χ3v) is 3.26. The molecule has 3 rings (SSSR count). The number of fused-ring (bicyclic) bond motifs is 1. The van der Waals surface area contributed by atoms with E-state index in [1.807, 2.05) is 30.5 Å². The maximum atomic E-state index is 5.40. The number of anilines is 1. The fourth-order valence-corrected chi connectivity index (χ4v) is 2.25. The van der Waals surface area contributed by atoms with Gasteiger partial charge in [-0.25, -0.2) is 9.97 Å².